The SMILES string of the molecule is Cc1c2c(=O)n(-c3ccccc3)n(CC3=CC=C(F)CC3)c2cc(=O)n1CCc1c[nH]c2ccccc12. The molecule has 37 heavy (non-hydrogen) atoms. The van der Waals surface area contributed by atoms with Crippen LogP contribution in [0.2, 0.25) is 0 Å². The lowest BCUT2D eigenvalue weighted by molar-refractivity contribution is 0.552. The molecule has 1 aliphatic carbocycles. The van der Waals surface area contributed by atoms with Crippen LogP contribution in [0.3, 0.4) is 0 Å². The molecule has 0 spiro atoms. The fraction of sp³-hybridized carbons (Fsp3) is 0.200. The number of halogens is 1. The number of aryl methyl sites for hydroxylation is 2. The van der Waals surface area contributed by atoms with Crippen LogP contribution in [-0.2, 0) is 19.5 Å². The number of H-pyrrole nitrogens is 1. The van der Waals surface area contributed by atoms with Gasteiger partial charge < -0.3 is 9.55 Å². The summed E-state index contributed by atoms with van der Waals surface area (Å²) >= 11 is 0. The van der Waals surface area contributed by atoms with Gasteiger partial charge in [-0.15, -0.1) is 0 Å². The molecule has 1 aliphatic rings. The van der Waals surface area contributed by atoms with Gasteiger partial charge in [-0.05, 0) is 55.2 Å². The Balaban J connectivity index is 1.47. The van der Waals surface area contributed by atoms with E-state index >= 15 is 0 Å². The molecule has 0 unspecified atom stereocenters. The number of hydrogen-bond acceptors (Lipinski definition) is 2. The highest BCUT2D eigenvalue weighted by Gasteiger charge is 2.21. The lowest BCUT2D eigenvalue weighted by Crippen LogP contribution is -2.24. The largest absolute Gasteiger partial charge is 0.361 e. The van der Waals surface area contributed by atoms with E-state index in [9.17, 15) is 14.0 Å². The highest BCUT2D eigenvalue weighted by atomic mass is 19.1. The number of aromatic amines is 1. The Morgan fingerprint density at radius 1 is 0.973 bits per heavy atom. The van der Waals surface area contributed by atoms with E-state index in [2.05, 4.69) is 11.1 Å². The van der Waals surface area contributed by atoms with Crippen LogP contribution < -0.4 is 11.1 Å². The highest BCUT2D eigenvalue weighted by molar-refractivity contribution is 5.83. The molecule has 7 heteroatoms. The molecule has 6 nitrogen and oxygen atoms in total. The van der Waals surface area contributed by atoms with Crippen LogP contribution in [0, 0.1) is 6.92 Å². The summed E-state index contributed by atoms with van der Waals surface area (Å²) < 4.78 is 18.8. The zero-order valence-corrected chi connectivity index (χ0v) is 20.6. The molecule has 0 radical (unpaired) electrons. The third-order valence-corrected chi connectivity index (χ3v) is 7.29. The lowest BCUT2D eigenvalue weighted by Gasteiger charge is -2.17. The van der Waals surface area contributed by atoms with Crippen molar-refractivity contribution in [3.63, 3.8) is 0 Å². The fourth-order valence-corrected chi connectivity index (χ4v) is 5.35. The Morgan fingerprint density at radius 3 is 2.54 bits per heavy atom. The standard InChI is InChI=1S/C30H27FN4O2/c1-20-29-27(17-28(36)33(20)16-15-22-18-32-26-10-6-5-9-25(22)26)34(19-21-11-13-23(31)14-12-21)35(30(29)37)24-7-3-2-4-8-24/h2-11,13,17-18,32H,12,14-16,19H2,1H3. The highest BCUT2D eigenvalue weighted by Crippen LogP contribution is 2.24. The first-order valence-electron chi connectivity index (χ1n) is 12.5. The number of pyridine rings is 1. The minimum absolute atomic E-state index is 0.143. The number of para-hydroxylation sites is 2. The predicted octanol–water partition coefficient (Wildman–Crippen LogP) is 5.56. The number of fused-ring (bicyclic) bond motifs is 2. The van der Waals surface area contributed by atoms with Crippen molar-refractivity contribution in [1.82, 2.24) is 18.9 Å². The Bertz CT molecular complexity index is 1820. The Labute approximate surface area is 212 Å². The van der Waals surface area contributed by atoms with E-state index in [0.717, 1.165) is 27.7 Å². The molecular formula is C30H27FN4O2. The van der Waals surface area contributed by atoms with Gasteiger partial charge in [-0.3, -0.25) is 14.3 Å². The van der Waals surface area contributed by atoms with Gasteiger partial charge in [-0.25, -0.2) is 9.07 Å². The van der Waals surface area contributed by atoms with E-state index in [1.54, 1.807) is 21.4 Å². The maximum absolute atomic E-state index is 13.9. The first-order chi connectivity index (χ1) is 18.0. The summed E-state index contributed by atoms with van der Waals surface area (Å²) in [5.74, 6) is -0.143. The lowest BCUT2D eigenvalue weighted by atomic mass is 10.0. The normalized spacial score (nSPS) is 13.8. The number of aromatic nitrogens is 4. The average Bonchev–Trinajstić information content (AvgIpc) is 3.44. The van der Waals surface area contributed by atoms with E-state index in [1.807, 2.05) is 66.3 Å². The smallest absolute Gasteiger partial charge is 0.281 e. The second kappa shape index (κ2) is 9.24. The van der Waals surface area contributed by atoms with Crippen molar-refractivity contribution in [2.45, 2.75) is 39.3 Å². The van der Waals surface area contributed by atoms with Gasteiger partial charge in [0.25, 0.3) is 11.1 Å². The molecule has 0 fully saturated rings. The van der Waals surface area contributed by atoms with Gasteiger partial charge in [0.15, 0.2) is 0 Å². The van der Waals surface area contributed by atoms with Crippen LogP contribution in [0.4, 0.5) is 4.39 Å². The second-order valence-corrected chi connectivity index (χ2v) is 9.54. The average molecular weight is 495 g/mol. The zero-order chi connectivity index (χ0) is 25.5. The van der Waals surface area contributed by atoms with E-state index in [1.165, 1.54) is 6.08 Å². The summed E-state index contributed by atoms with van der Waals surface area (Å²) in [4.78, 5) is 30.5. The van der Waals surface area contributed by atoms with E-state index in [4.69, 9.17) is 0 Å². The van der Waals surface area contributed by atoms with Crippen molar-refractivity contribution in [2.75, 3.05) is 0 Å². The van der Waals surface area contributed by atoms with Crippen LogP contribution in [-0.4, -0.2) is 18.9 Å². The van der Waals surface area contributed by atoms with Crippen LogP contribution in [0.1, 0.15) is 24.1 Å². The summed E-state index contributed by atoms with van der Waals surface area (Å²) in [6.07, 6.45) is 6.83. The first-order valence-corrected chi connectivity index (χ1v) is 12.5. The van der Waals surface area contributed by atoms with Gasteiger partial charge >= 0.3 is 0 Å². The van der Waals surface area contributed by atoms with Crippen molar-refractivity contribution in [2.24, 2.45) is 0 Å². The Kier molecular flexibility index (Phi) is 5.75. The second-order valence-electron chi connectivity index (χ2n) is 9.54. The Morgan fingerprint density at radius 2 is 1.76 bits per heavy atom. The Hall–Kier alpha value is -4.39. The molecule has 5 aromatic rings. The van der Waals surface area contributed by atoms with Gasteiger partial charge in [0.2, 0.25) is 0 Å². The molecule has 3 aromatic heterocycles. The minimum Gasteiger partial charge on any atom is -0.361 e. The maximum Gasteiger partial charge on any atom is 0.281 e. The summed E-state index contributed by atoms with van der Waals surface area (Å²) in [6, 6.07) is 19.1. The molecular weight excluding hydrogens is 467 g/mol. The van der Waals surface area contributed by atoms with E-state index in [0.29, 0.717) is 48.9 Å². The number of nitrogens with zero attached hydrogens (tertiary/aromatic N) is 3. The molecule has 0 atom stereocenters. The van der Waals surface area contributed by atoms with Crippen LogP contribution in [0.5, 0.6) is 0 Å². The molecule has 6 rings (SSSR count). The molecule has 0 aliphatic heterocycles. The topological polar surface area (TPSA) is 64.7 Å². The molecule has 186 valence electrons. The monoisotopic (exact) mass is 494 g/mol. The molecule has 0 saturated carbocycles. The van der Waals surface area contributed by atoms with Crippen molar-refractivity contribution >= 4 is 21.8 Å². The maximum atomic E-state index is 13.9. The molecule has 0 saturated heterocycles. The van der Waals surface area contributed by atoms with Crippen molar-refractivity contribution < 1.29 is 4.39 Å². The molecule has 0 bridgehead atoms. The van der Waals surface area contributed by atoms with Crippen LogP contribution in [0.25, 0.3) is 27.5 Å². The zero-order valence-electron chi connectivity index (χ0n) is 20.6. The van der Waals surface area contributed by atoms with Crippen molar-refractivity contribution in [1.29, 1.82) is 0 Å². The fourth-order valence-electron chi connectivity index (χ4n) is 5.35. The van der Waals surface area contributed by atoms with E-state index in [-0.39, 0.29) is 16.9 Å². The number of nitrogens with one attached hydrogen (secondary N) is 1. The van der Waals surface area contributed by atoms with E-state index < -0.39 is 0 Å². The number of benzene rings is 2. The molecule has 0 amide bonds. The quantitative estimate of drug-likeness (QED) is 0.336. The third kappa shape index (κ3) is 4.06. The van der Waals surface area contributed by atoms with Gasteiger partial charge in [-0.2, -0.15) is 0 Å². The molecule has 1 N–H and O–H groups in total. The van der Waals surface area contributed by atoms with Gasteiger partial charge in [-0.1, -0.05) is 42.5 Å². The first kappa shape index (κ1) is 23.0. The summed E-state index contributed by atoms with van der Waals surface area (Å²) in [5, 5.41) is 1.67. The summed E-state index contributed by atoms with van der Waals surface area (Å²) in [7, 11) is 0. The summed E-state index contributed by atoms with van der Waals surface area (Å²) in [6.45, 7) is 2.71. The third-order valence-electron chi connectivity index (χ3n) is 7.29. The van der Waals surface area contributed by atoms with Crippen LogP contribution in [0.15, 0.2) is 100 Å². The van der Waals surface area contributed by atoms with Crippen molar-refractivity contribution in [3.8, 4) is 5.69 Å². The predicted molar refractivity (Wildman–Crippen MR) is 145 cm³/mol. The number of rotatable bonds is 6. The molecule has 3 heterocycles. The van der Waals surface area contributed by atoms with Crippen LogP contribution >= 0.6 is 0 Å². The van der Waals surface area contributed by atoms with Gasteiger partial charge in [0.05, 0.1) is 23.1 Å². The summed E-state index contributed by atoms with van der Waals surface area (Å²) in [5.41, 5.74) is 4.85. The van der Waals surface area contributed by atoms with Crippen molar-refractivity contribution in [3.05, 3.63) is 122 Å². The van der Waals surface area contributed by atoms with Gasteiger partial charge in [0.1, 0.15) is 5.83 Å². The minimum atomic E-state index is -0.169. The number of hydrogen-bond donors (Lipinski definition) is 1. The van der Waals surface area contributed by atoms with Gasteiger partial charge in [0, 0.05) is 41.8 Å². The number of allylic oxidation sites excluding steroid dienone is 4. The molecule has 2 aromatic carbocycles.